The third-order valence-corrected chi connectivity index (χ3v) is 4.06. The molecule has 1 fully saturated rings. The first-order valence-corrected chi connectivity index (χ1v) is 8.00. The van der Waals surface area contributed by atoms with Crippen LogP contribution in [0.4, 0.5) is 0 Å². The van der Waals surface area contributed by atoms with Crippen LogP contribution in [-0.4, -0.2) is 58.3 Å². The van der Waals surface area contributed by atoms with Crippen LogP contribution in [0.25, 0.3) is 0 Å². The van der Waals surface area contributed by atoms with Crippen molar-refractivity contribution >= 4 is 5.91 Å². The molecule has 0 saturated carbocycles. The van der Waals surface area contributed by atoms with Crippen molar-refractivity contribution in [3.8, 4) is 17.2 Å². The van der Waals surface area contributed by atoms with E-state index in [1.807, 2.05) is 0 Å². The van der Waals surface area contributed by atoms with Crippen molar-refractivity contribution in [3.63, 3.8) is 0 Å². The Kier molecular flexibility index (Phi) is 6.52. The second kappa shape index (κ2) is 8.62. The van der Waals surface area contributed by atoms with Crippen LogP contribution in [-0.2, 0) is 0 Å². The first-order valence-electron chi connectivity index (χ1n) is 8.00. The summed E-state index contributed by atoms with van der Waals surface area (Å²) in [5.74, 6) is 1.31. The van der Waals surface area contributed by atoms with Crippen molar-refractivity contribution in [2.24, 2.45) is 0 Å². The van der Waals surface area contributed by atoms with Gasteiger partial charge in [-0.2, -0.15) is 0 Å². The molecule has 0 aliphatic carbocycles. The molecular weight excluding hydrogens is 296 g/mol. The maximum Gasteiger partial charge on any atom is 0.251 e. The quantitative estimate of drug-likeness (QED) is 0.741. The Bertz CT molecular complexity index is 502. The molecule has 0 unspecified atom stereocenters. The van der Waals surface area contributed by atoms with E-state index in [0.29, 0.717) is 29.4 Å². The van der Waals surface area contributed by atoms with Gasteiger partial charge in [0.05, 0.1) is 21.3 Å². The second-order valence-corrected chi connectivity index (χ2v) is 5.57. The fourth-order valence-electron chi connectivity index (χ4n) is 2.83. The van der Waals surface area contributed by atoms with Crippen molar-refractivity contribution < 1.29 is 19.0 Å². The fourth-order valence-corrected chi connectivity index (χ4v) is 2.83. The lowest BCUT2D eigenvalue weighted by Gasteiger charge is -2.15. The van der Waals surface area contributed by atoms with E-state index in [1.54, 1.807) is 19.2 Å². The Morgan fingerprint density at radius 3 is 2.22 bits per heavy atom. The number of nitrogens with zero attached hydrogens (tertiary/aromatic N) is 1. The summed E-state index contributed by atoms with van der Waals surface area (Å²) in [7, 11) is 4.61. The third-order valence-electron chi connectivity index (χ3n) is 4.06. The number of benzene rings is 1. The first-order chi connectivity index (χ1) is 11.2. The van der Waals surface area contributed by atoms with Crippen molar-refractivity contribution in [1.82, 2.24) is 10.2 Å². The van der Waals surface area contributed by atoms with Gasteiger partial charge in [-0.15, -0.1) is 0 Å². The third kappa shape index (κ3) is 4.51. The van der Waals surface area contributed by atoms with Crippen molar-refractivity contribution in [2.45, 2.75) is 19.3 Å². The minimum atomic E-state index is -0.134. The molecule has 0 bridgehead atoms. The summed E-state index contributed by atoms with van der Waals surface area (Å²) in [5, 5.41) is 2.95. The molecule has 1 aliphatic heterocycles. The lowest BCUT2D eigenvalue weighted by atomic mass is 10.1. The van der Waals surface area contributed by atoms with Crippen LogP contribution in [0.2, 0.25) is 0 Å². The molecule has 1 saturated heterocycles. The van der Waals surface area contributed by atoms with Crippen LogP contribution in [0, 0.1) is 0 Å². The van der Waals surface area contributed by atoms with E-state index in [9.17, 15) is 4.79 Å². The fraction of sp³-hybridized carbons (Fsp3) is 0.588. The number of carbonyl (C=O) groups is 1. The van der Waals surface area contributed by atoms with E-state index in [2.05, 4.69) is 10.2 Å². The predicted octanol–water partition coefficient (Wildman–Crippen LogP) is 1.93. The summed E-state index contributed by atoms with van der Waals surface area (Å²) in [6, 6.07) is 3.33. The lowest BCUT2D eigenvalue weighted by molar-refractivity contribution is 0.0951. The molecule has 6 nitrogen and oxygen atoms in total. The standard InChI is InChI=1S/C17H26N2O4/c1-21-14-11-13(12-15(22-2)16(14)23-3)17(20)18-7-6-10-19-8-4-5-9-19/h11-12H,4-10H2,1-3H3,(H,18,20). The highest BCUT2D eigenvalue weighted by Crippen LogP contribution is 2.38. The van der Waals surface area contributed by atoms with Crippen LogP contribution in [0.15, 0.2) is 12.1 Å². The van der Waals surface area contributed by atoms with Crippen LogP contribution >= 0.6 is 0 Å². The molecule has 1 amide bonds. The summed E-state index contributed by atoms with van der Waals surface area (Å²) in [6.07, 6.45) is 3.53. The molecule has 1 aliphatic rings. The maximum atomic E-state index is 12.3. The summed E-state index contributed by atoms with van der Waals surface area (Å²) in [4.78, 5) is 14.7. The highest BCUT2D eigenvalue weighted by atomic mass is 16.5. The lowest BCUT2D eigenvalue weighted by Crippen LogP contribution is -2.28. The van der Waals surface area contributed by atoms with Crippen molar-refractivity contribution in [2.75, 3.05) is 47.5 Å². The van der Waals surface area contributed by atoms with Gasteiger partial charge >= 0.3 is 0 Å². The van der Waals surface area contributed by atoms with E-state index in [1.165, 1.54) is 40.2 Å². The highest BCUT2D eigenvalue weighted by Gasteiger charge is 2.17. The topological polar surface area (TPSA) is 60.0 Å². The maximum absolute atomic E-state index is 12.3. The van der Waals surface area contributed by atoms with Crippen LogP contribution < -0.4 is 19.5 Å². The van der Waals surface area contributed by atoms with Gasteiger partial charge < -0.3 is 24.4 Å². The van der Waals surface area contributed by atoms with E-state index >= 15 is 0 Å². The Morgan fingerprint density at radius 2 is 1.70 bits per heavy atom. The van der Waals surface area contributed by atoms with E-state index < -0.39 is 0 Å². The molecule has 128 valence electrons. The van der Waals surface area contributed by atoms with Crippen LogP contribution in [0.5, 0.6) is 17.2 Å². The van der Waals surface area contributed by atoms with Crippen LogP contribution in [0.3, 0.4) is 0 Å². The van der Waals surface area contributed by atoms with Crippen molar-refractivity contribution in [1.29, 1.82) is 0 Å². The molecule has 0 radical (unpaired) electrons. The molecule has 0 aromatic heterocycles. The number of nitrogens with one attached hydrogen (secondary N) is 1. The number of rotatable bonds is 8. The SMILES string of the molecule is COc1cc(C(=O)NCCCN2CCCC2)cc(OC)c1OC. The zero-order valence-electron chi connectivity index (χ0n) is 14.2. The van der Waals surface area contributed by atoms with Crippen molar-refractivity contribution in [3.05, 3.63) is 17.7 Å². The van der Waals surface area contributed by atoms with E-state index in [0.717, 1.165) is 13.0 Å². The number of methoxy groups -OCH3 is 3. The Balaban J connectivity index is 1.92. The Labute approximate surface area is 137 Å². The average Bonchev–Trinajstić information content (AvgIpc) is 3.10. The van der Waals surface area contributed by atoms with E-state index in [-0.39, 0.29) is 5.91 Å². The largest absolute Gasteiger partial charge is 0.493 e. The van der Waals surface area contributed by atoms with Gasteiger partial charge in [-0.05, 0) is 51.0 Å². The normalized spacial score (nSPS) is 14.6. The zero-order valence-corrected chi connectivity index (χ0v) is 14.2. The number of hydrogen-bond acceptors (Lipinski definition) is 5. The van der Waals surface area contributed by atoms with Gasteiger partial charge in [-0.1, -0.05) is 0 Å². The Hall–Kier alpha value is -1.95. The summed E-state index contributed by atoms with van der Waals surface area (Å²) in [6.45, 7) is 4.06. The average molecular weight is 322 g/mol. The molecular formula is C17H26N2O4. The molecule has 1 aromatic carbocycles. The number of ether oxygens (including phenoxy) is 3. The van der Waals surface area contributed by atoms with Gasteiger partial charge in [-0.3, -0.25) is 4.79 Å². The molecule has 1 heterocycles. The smallest absolute Gasteiger partial charge is 0.251 e. The van der Waals surface area contributed by atoms with E-state index in [4.69, 9.17) is 14.2 Å². The molecule has 0 spiro atoms. The first kappa shape index (κ1) is 17.4. The van der Waals surface area contributed by atoms with Gasteiger partial charge in [0.2, 0.25) is 5.75 Å². The minimum absolute atomic E-state index is 0.134. The van der Waals surface area contributed by atoms with Gasteiger partial charge in [0.15, 0.2) is 11.5 Å². The molecule has 23 heavy (non-hydrogen) atoms. The summed E-state index contributed by atoms with van der Waals surface area (Å²) >= 11 is 0. The summed E-state index contributed by atoms with van der Waals surface area (Å²) < 4.78 is 15.8. The predicted molar refractivity (Wildman–Crippen MR) is 88.7 cm³/mol. The minimum Gasteiger partial charge on any atom is -0.493 e. The number of likely N-dealkylation sites (tertiary alicyclic amines) is 1. The highest BCUT2D eigenvalue weighted by molar-refractivity contribution is 5.95. The number of hydrogen-bond donors (Lipinski definition) is 1. The van der Waals surface area contributed by atoms with Gasteiger partial charge in [0, 0.05) is 12.1 Å². The number of amides is 1. The monoisotopic (exact) mass is 322 g/mol. The summed E-state index contributed by atoms with van der Waals surface area (Å²) in [5.41, 5.74) is 0.501. The molecule has 6 heteroatoms. The zero-order chi connectivity index (χ0) is 16.7. The van der Waals surface area contributed by atoms with Gasteiger partial charge in [-0.25, -0.2) is 0 Å². The molecule has 0 atom stereocenters. The van der Waals surface area contributed by atoms with Crippen LogP contribution in [0.1, 0.15) is 29.6 Å². The van der Waals surface area contributed by atoms with Gasteiger partial charge in [0.25, 0.3) is 5.91 Å². The number of carbonyl (C=O) groups excluding carboxylic acids is 1. The molecule has 2 rings (SSSR count). The molecule has 1 aromatic rings. The molecule has 1 N–H and O–H groups in total. The Morgan fingerprint density at radius 1 is 1.09 bits per heavy atom. The van der Waals surface area contributed by atoms with Gasteiger partial charge in [0.1, 0.15) is 0 Å². The second-order valence-electron chi connectivity index (χ2n) is 5.57.